The molecule has 8 heteroatoms. The Morgan fingerprint density at radius 3 is 2.76 bits per heavy atom. The Morgan fingerprint density at radius 2 is 2.24 bits per heavy atom. The minimum atomic E-state index is -1.03. The van der Waals surface area contributed by atoms with Gasteiger partial charge in [-0.15, -0.1) is 11.3 Å². The summed E-state index contributed by atoms with van der Waals surface area (Å²) in [6.45, 7) is 4.56. The fourth-order valence-corrected chi connectivity index (χ4v) is 3.12. The van der Waals surface area contributed by atoms with Gasteiger partial charge in [-0.2, -0.15) is 0 Å². The zero-order valence-electron chi connectivity index (χ0n) is 12.1. The molecular formula is C13H20N4O3S. The van der Waals surface area contributed by atoms with Crippen molar-refractivity contribution in [2.24, 2.45) is 16.3 Å². The molecular weight excluding hydrogens is 292 g/mol. The largest absolute Gasteiger partial charge is 0.409 e. The number of amides is 1. The molecule has 1 aromatic heterocycles. The van der Waals surface area contributed by atoms with E-state index >= 15 is 0 Å². The number of thiazole rings is 1. The molecule has 2 rings (SSSR count). The number of aromatic nitrogens is 1. The molecule has 1 aliphatic heterocycles. The van der Waals surface area contributed by atoms with Gasteiger partial charge in [0.25, 0.3) is 0 Å². The van der Waals surface area contributed by atoms with Gasteiger partial charge in [-0.3, -0.25) is 4.79 Å². The summed E-state index contributed by atoms with van der Waals surface area (Å²) in [6, 6.07) is 0. The molecule has 0 saturated carbocycles. The third-order valence-corrected chi connectivity index (χ3v) is 4.87. The molecule has 0 unspecified atom stereocenters. The van der Waals surface area contributed by atoms with Crippen molar-refractivity contribution in [2.75, 3.05) is 13.2 Å². The summed E-state index contributed by atoms with van der Waals surface area (Å²) < 4.78 is 5.29. The van der Waals surface area contributed by atoms with Crippen molar-refractivity contribution in [1.29, 1.82) is 0 Å². The lowest BCUT2D eigenvalue weighted by Crippen LogP contribution is -2.56. The van der Waals surface area contributed by atoms with Gasteiger partial charge in [-0.25, -0.2) is 4.98 Å². The SMILES string of the molecule is CC(C)(NC(=O)C1(/C(N)=N/O)CCOCC1)c1nccs1. The van der Waals surface area contributed by atoms with Crippen LogP contribution in [0, 0.1) is 5.41 Å². The molecule has 0 radical (unpaired) electrons. The van der Waals surface area contributed by atoms with Gasteiger partial charge in [-0.1, -0.05) is 5.16 Å². The average molecular weight is 312 g/mol. The third kappa shape index (κ3) is 3.01. The van der Waals surface area contributed by atoms with Crippen LogP contribution >= 0.6 is 11.3 Å². The smallest absolute Gasteiger partial charge is 0.234 e. The first-order valence-electron chi connectivity index (χ1n) is 6.71. The zero-order chi connectivity index (χ0) is 15.5. The van der Waals surface area contributed by atoms with Crippen LogP contribution in [0.4, 0.5) is 0 Å². The number of hydrogen-bond donors (Lipinski definition) is 3. The molecule has 0 aliphatic carbocycles. The monoisotopic (exact) mass is 312 g/mol. The Hall–Kier alpha value is -1.67. The van der Waals surface area contributed by atoms with Crippen LogP contribution < -0.4 is 11.1 Å². The molecule has 1 amide bonds. The first-order valence-corrected chi connectivity index (χ1v) is 7.59. The number of nitrogens with two attached hydrogens (primary N) is 1. The Morgan fingerprint density at radius 1 is 1.57 bits per heavy atom. The molecule has 7 nitrogen and oxygen atoms in total. The second-order valence-electron chi connectivity index (χ2n) is 5.60. The van der Waals surface area contributed by atoms with Crippen molar-refractivity contribution in [3.63, 3.8) is 0 Å². The number of carbonyl (C=O) groups excluding carboxylic acids is 1. The second kappa shape index (κ2) is 5.98. The van der Waals surface area contributed by atoms with Crippen LogP contribution in [0.2, 0.25) is 0 Å². The quantitative estimate of drug-likeness (QED) is 0.333. The molecule has 1 fully saturated rings. The average Bonchev–Trinajstić information content (AvgIpc) is 3.01. The van der Waals surface area contributed by atoms with E-state index in [1.807, 2.05) is 19.2 Å². The summed E-state index contributed by atoms with van der Waals surface area (Å²) in [5, 5.41) is 17.7. The topological polar surface area (TPSA) is 110 Å². The van der Waals surface area contributed by atoms with Gasteiger partial charge in [0.05, 0.1) is 5.54 Å². The zero-order valence-corrected chi connectivity index (χ0v) is 12.9. The Labute approximate surface area is 127 Å². The van der Waals surface area contributed by atoms with Gasteiger partial charge in [0, 0.05) is 24.8 Å². The van der Waals surface area contributed by atoms with Crippen molar-refractivity contribution in [1.82, 2.24) is 10.3 Å². The summed E-state index contributed by atoms with van der Waals surface area (Å²) >= 11 is 1.47. The van der Waals surface area contributed by atoms with Crippen LogP contribution in [0.5, 0.6) is 0 Å². The molecule has 1 saturated heterocycles. The number of rotatable bonds is 4. The molecule has 4 N–H and O–H groups in total. The van der Waals surface area contributed by atoms with Gasteiger partial charge in [0.15, 0.2) is 5.84 Å². The van der Waals surface area contributed by atoms with Crippen molar-refractivity contribution in [2.45, 2.75) is 32.2 Å². The summed E-state index contributed by atoms with van der Waals surface area (Å²) in [7, 11) is 0. The summed E-state index contributed by atoms with van der Waals surface area (Å²) in [5.74, 6) is -0.334. The number of carbonyl (C=O) groups is 1. The van der Waals surface area contributed by atoms with E-state index in [0.29, 0.717) is 26.1 Å². The van der Waals surface area contributed by atoms with Gasteiger partial charge in [0.2, 0.25) is 5.91 Å². The minimum Gasteiger partial charge on any atom is -0.409 e. The predicted molar refractivity (Wildman–Crippen MR) is 79.2 cm³/mol. The fourth-order valence-electron chi connectivity index (χ4n) is 2.40. The van der Waals surface area contributed by atoms with Gasteiger partial charge < -0.3 is 21.0 Å². The normalized spacial score (nSPS) is 19.2. The summed E-state index contributed by atoms with van der Waals surface area (Å²) in [4.78, 5) is 17.0. The lowest BCUT2D eigenvalue weighted by Gasteiger charge is -2.37. The third-order valence-electron chi connectivity index (χ3n) is 3.77. The van der Waals surface area contributed by atoms with Crippen LogP contribution in [-0.4, -0.2) is 35.1 Å². The first-order chi connectivity index (χ1) is 9.92. The van der Waals surface area contributed by atoms with Crippen molar-refractivity contribution >= 4 is 23.1 Å². The van der Waals surface area contributed by atoms with Crippen molar-refractivity contribution in [3.05, 3.63) is 16.6 Å². The Balaban J connectivity index is 2.23. The highest BCUT2D eigenvalue weighted by atomic mass is 32.1. The first kappa shape index (κ1) is 15.7. The lowest BCUT2D eigenvalue weighted by atomic mass is 9.77. The molecule has 116 valence electrons. The van der Waals surface area contributed by atoms with E-state index in [0.717, 1.165) is 5.01 Å². The van der Waals surface area contributed by atoms with E-state index in [-0.39, 0.29) is 11.7 Å². The second-order valence-corrected chi connectivity index (χ2v) is 6.49. The highest BCUT2D eigenvalue weighted by Gasteiger charge is 2.46. The maximum absolute atomic E-state index is 12.8. The molecule has 1 aliphatic rings. The number of hydrogen-bond acceptors (Lipinski definition) is 6. The van der Waals surface area contributed by atoms with Crippen LogP contribution in [0.25, 0.3) is 0 Å². The maximum Gasteiger partial charge on any atom is 0.234 e. The molecule has 0 atom stereocenters. The Bertz CT molecular complexity index is 522. The van der Waals surface area contributed by atoms with E-state index < -0.39 is 11.0 Å². The van der Waals surface area contributed by atoms with Crippen LogP contribution in [0.3, 0.4) is 0 Å². The summed E-state index contributed by atoms with van der Waals surface area (Å²) in [6.07, 6.45) is 2.48. The Kier molecular flexibility index (Phi) is 4.48. The molecule has 2 heterocycles. The highest BCUT2D eigenvalue weighted by molar-refractivity contribution is 7.09. The van der Waals surface area contributed by atoms with Crippen molar-refractivity contribution in [3.8, 4) is 0 Å². The fraction of sp³-hybridized carbons (Fsp3) is 0.615. The van der Waals surface area contributed by atoms with Gasteiger partial charge >= 0.3 is 0 Å². The number of oxime groups is 1. The van der Waals surface area contributed by atoms with Gasteiger partial charge in [-0.05, 0) is 26.7 Å². The van der Waals surface area contributed by atoms with E-state index in [1.54, 1.807) is 6.20 Å². The molecule has 0 spiro atoms. The molecule has 0 aromatic carbocycles. The lowest BCUT2D eigenvalue weighted by molar-refractivity contribution is -0.133. The summed E-state index contributed by atoms with van der Waals surface area (Å²) in [5.41, 5.74) is 4.15. The van der Waals surface area contributed by atoms with Crippen LogP contribution in [-0.2, 0) is 15.1 Å². The van der Waals surface area contributed by atoms with Crippen LogP contribution in [0.1, 0.15) is 31.7 Å². The predicted octanol–water partition coefficient (Wildman–Crippen LogP) is 1.04. The number of nitrogens with one attached hydrogen (secondary N) is 1. The highest BCUT2D eigenvalue weighted by Crippen LogP contribution is 2.33. The number of amidine groups is 1. The van der Waals surface area contributed by atoms with Gasteiger partial charge in [0.1, 0.15) is 10.4 Å². The van der Waals surface area contributed by atoms with Crippen LogP contribution in [0.15, 0.2) is 16.7 Å². The van der Waals surface area contributed by atoms with Crippen molar-refractivity contribution < 1.29 is 14.7 Å². The van der Waals surface area contributed by atoms with E-state index in [1.165, 1.54) is 11.3 Å². The number of ether oxygens (including phenoxy) is 1. The van der Waals surface area contributed by atoms with E-state index in [2.05, 4.69) is 15.5 Å². The molecule has 1 aromatic rings. The number of nitrogens with zero attached hydrogens (tertiary/aromatic N) is 2. The maximum atomic E-state index is 12.8. The van der Waals surface area contributed by atoms with E-state index in [9.17, 15) is 4.79 Å². The molecule has 0 bridgehead atoms. The molecule has 21 heavy (non-hydrogen) atoms. The standard InChI is InChI=1S/C13H20N4O3S/c1-12(2,11-15-5-8-21-11)16-10(18)13(9(14)17-19)3-6-20-7-4-13/h5,8,19H,3-4,6-7H2,1-2H3,(H2,14,17)(H,16,18). The van der Waals surface area contributed by atoms with E-state index in [4.69, 9.17) is 15.7 Å². The minimum absolute atomic E-state index is 0.0711.